The number of nitrogens with one attached hydrogen (secondary N) is 1. The van der Waals surface area contributed by atoms with E-state index in [0.717, 1.165) is 5.56 Å². The van der Waals surface area contributed by atoms with Crippen LogP contribution in [0.5, 0.6) is 11.5 Å². The van der Waals surface area contributed by atoms with E-state index in [-0.39, 0.29) is 5.91 Å². The third kappa shape index (κ3) is 3.50. The van der Waals surface area contributed by atoms with E-state index in [1.54, 1.807) is 21.1 Å². The lowest BCUT2D eigenvalue weighted by molar-refractivity contribution is -0.117. The highest BCUT2D eigenvalue weighted by Gasteiger charge is 2.14. The molecule has 1 atom stereocenters. The fourth-order valence-corrected chi connectivity index (χ4v) is 2.40. The Balaban J connectivity index is 2.30. The Labute approximate surface area is 126 Å². The molecule has 2 rings (SSSR count). The number of ether oxygens (including phenoxy) is 2. The summed E-state index contributed by atoms with van der Waals surface area (Å²) in [6.45, 7) is 1.62. The van der Waals surface area contributed by atoms with Gasteiger partial charge in [-0.05, 0) is 25.1 Å². The standard InChI is InChI=1S/C14H17N3O3S/c1-8(15)13(18)17-14-16-11(7-21-14)10-6-9(19-2)4-5-12(10)20-3/h4-8H,15H2,1-3H3,(H,16,17,18). The smallest absolute Gasteiger partial charge is 0.242 e. The molecule has 0 saturated heterocycles. The van der Waals surface area contributed by atoms with E-state index in [2.05, 4.69) is 10.3 Å². The lowest BCUT2D eigenvalue weighted by atomic mass is 10.1. The highest BCUT2D eigenvalue weighted by Crippen LogP contribution is 2.34. The average Bonchev–Trinajstić information content (AvgIpc) is 2.94. The van der Waals surface area contributed by atoms with Crippen molar-refractivity contribution in [3.05, 3.63) is 23.6 Å². The molecule has 0 aliphatic heterocycles. The monoisotopic (exact) mass is 307 g/mol. The number of aromatic nitrogens is 1. The van der Waals surface area contributed by atoms with E-state index in [9.17, 15) is 4.79 Å². The topological polar surface area (TPSA) is 86.5 Å². The van der Waals surface area contributed by atoms with Crippen molar-refractivity contribution in [2.75, 3.05) is 19.5 Å². The molecule has 1 aromatic carbocycles. The largest absolute Gasteiger partial charge is 0.497 e. The van der Waals surface area contributed by atoms with Gasteiger partial charge in [0.05, 0.1) is 26.0 Å². The van der Waals surface area contributed by atoms with Crippen molar-refractivity contribution in [2.45, 2.75) is 13.0 Å². The molecule has 112 valence electrons. The number of carbonyl (C=O) groups is 1. The number of amides is 1. The summed E-state index contributed by atoms with van der Waals surface area (Å²) in [6.07, 6.45) is 0. The van der Waals surface area contributed by atoms with Crippen LogP contribution in [0.25, 0.3) is 11.3 Å². The first-order valence-electron chi connectivity index (χ1n) is 6.29. The fourth-order valence-electron chi connectivity index (χ4n) is 1.69. The lowest BCUT2D eigenvalue weighted by Crippen LogP contribution is -2.32. The molecule has 1 unspecified atom stereocenters. The van der Waals surface area contributed by atoms with E-state index in [4.69, 9.17) is 15.2 Å². The number of nitrogens with two attached hydrogens (primary N) is 1. The van der Waals surface area contributed by atoms with Gasteiger partial charge in [-0.2, -0.15) is 0 Å². The minimum atomic E-state index is -0.580. The minimum Gasteiger partial charge on any atom is -0.497 e. The predicted octanol–water partition coefficient (Wildman–Crippen LogP) is 2.11. The Bertz CT molecular complexity index is 640. The number of carbonyl (C=O) groups excluding carboxylic acids is 1. The summed E-state index contributed by atoms with van der Waals surface area (Å²) in [6, 6.07) is 4.88. The molecule has 0 aliphatic rings. The molecule has 6 nitrogen and oxygen atoms in total. The van der Waals surface area contributed by atoms with E-state index in [0.29, 0.717) is 22.3 Å². The fraction of sp³-hybridized carbons (Fsp3) is 0.286. The summed E-state index contributed by atoms with van der Waals surface area (Å²) in [5.74, 6) is 1.12. The number of benzene rings is 1. The summed E-state index contributed by atoms with van der Waals surface area (Å²) in [4.78, 5) is 15.9. The van der Waals surface area contributed by atoms with Gasteiger partial charge in [-0.1, -0.05) is 0 Å². The van der Waals surface area contributed by atoms with Crippen molar-refractivity contribution in [3.8, 4) is 22.8 Å². The van der Waals surface area contributed by atoms with Crippen LogP contribution in [0.15, 0.2) is 23.6 Å². The van der Waals surface area contributed by atoms with Crippen LogP contribution in [0, 0.1) is 0 Å². The van der Waals surface area contributed by atoms with Crippen LogP contribution in [-0.2, 0) is 4.79 Å². The molecular formula is C14H17N3O3S. The van der Waals surface area contributed by atoms with Crippen molar-refractivity contribution in [2.24, 2.45) is 5.73 Å². The second-order valence-electron chi connectivity index (χ2n) is 4.38. The molecule has 7 heteroatoms. The van der Waals surface area contributed by atoms with Crippen molar-refractivity contribution in [3.63, 3.8) is 0 Å². The first kappa shape index (κ1) is 15.3. The maximum absolute atomic E-state index is 11.6. The van der Waals surface area contributed by atoms with Gasteiger partial charge in [-0.15, -0.1) is 11.3 Å². The molecule has 0 saturated carbocycles. The number of nitrogens with zero attached hydrogens (tertiary/aromatic N) is 1. The molecular weight excluding hydrogens is 290 g/mol. The molecule has 0 spiro atoms. The van der Waals surface area contributed by atoms with Crippen molar-refractivity contribution in [1.29, 1.82) is 0 Å². The Morgan fingerprint density at radius 2 is 2.14 bits per heavy atom. The van der Waals surface area contributed by atoms with Crippen molar-refractivity contribution < 1.29 is 14.3 Å². The number of methoxy groups -OCH3 is 2. The summed E-state index contributed by atoms with van der Waals surface area (Å²) in [5, 5.41) is 5.01. The zero-order valence-electron chi connectivity index (χ0n) is 12.0. The van der Waals surface area contributed by atoms with E-state index in [1.165, 1.54) is 11.3 Å². The highest BCUT2D eigenvalue weighted by molar-refractivity contribution is 7.14. The molecule has 0 aliphatic carbocycles. The summed E-state index contributed by atoms with van der Waals surface area (Å²) in [7, 11) is 3.19. The SMILES string of the molecule is COc1ccc(OC)c(-c2csc(NC(=O)C(C)N)n2)c1. The second kappa shape index (κ2) is 6.55. The molecule has 0 fully saturated rings. The normalized spacial score (nSPS) is 11.8. The van der Waals surface area contributed by atoms with Gasteiger partial charge in [-0.3, -0.25) is 4.79 Å². The van der Waals surface area contributed by atoms with Gasteiger partial charge in [0.1, 0.15) is 11.5 Å². The average molecular weight is 307 g/mol. The van der Waals surface area contributed by atoms with E-state index >= 15 is 0 Å². The summed E-state index contributed by atoms with van der Waals surface area (Å²) >= 11 is 1.33. The Morgan fingerprint density at radius 1 is 1.38 bits per heavy atom. The van der Waals surface area contributed by atoms with Crippen LogP contribution in [0.3, 0.4) is 0 Å². The van der Waals surface area contributed by atoms with Crippen LogP contribution < -0.4 is 20.5 Å². The molecule has 1 aromatic heterocycles. The van der Waals surface area contributed by atoms with Gasteiger partial charge in [0.25, 0.3) is 0 Å². The predicted molar refractivity (Wildman–Crippen MR) is 82.9 cm³/mol. The molecule has 3 N–H and O–H groups in total. The zero-order chi connectivity index (χ0) is 15.4. The molecule has 21 heavy (non-hydrogen) atoms. The van der Waals surface area contributed by atoms with Gasteiger partial charge < -0.3 is 20.5 Å². The maximum atomic E-state index is 11.6. The lowest BCUT2D eigenvalue weighted by Gasteiger charge is -2.08. The van der Waals surface area contributed by atoms with Crippen molar-refractivity contribution >= 4 is 22.4 Å². The highest BCUT2D eigenvalue weighted by atomic mass is 32.1. The maximum Gasteiger partial charge on any atom is 0.242 e. The van der Waals surface area contributed by atoms with Crippen LogP contribution in [0.4, 0.5) is 5.13 Å². The second-order valence-corrected chi connectivity index (χ2v) is 5.24. The van der Waals surface area contributed by atoms with Gasteiger partial charge in [0, 0.05) is 10.9 Å². The Hall–Kier alpha value is -2.12. The van der Waals surface area contributed by atoms with Crippen LogP contribution in [0.1, 0.15) is 6.92 Å². The third-order valence-electron chi connectivity index (χ3n) is 2.83. The molecule has 0 bridgehead atoms. The van der Waals surface area contributed by atoms with Gasteiger partial charge >= 0.3 is 0 Å². The first-order valence-corrected chi connectivity index (χ1v) is 7.17. The summed E-state index contributed by atoms with van der Waals surface area (Å²) < 4.78 is 10.5. The van der Waals surface area contributed by atoms with Crippen LogP contribution in [0.2, 0.25) is 0 Å². The minimum absolute atomic E-state index is 0.270. The third-order valence-corrected chi connectivity index (χ3v) is 3.59. The molecule has 0 radical (unpaired) electrons. The van der Waals surface area contributed by atoms with Crippen LogP contribution in [-0.4, -0.2) is 31.2 Å². The van der Waals surface area contributed by atoms with Gasteiger partial charge in [0.2, 0.25) is 5.91 Å². The Morgan fingerprint density at radius 3 is 2.76 bits per heavy atom. The van der Waals surface area contributed by atoms with Gasteiger partial charge in [0.15, 0.2) is 5.13 Å². The summed E-state index contributed by atoms with van der Waals surface area (Å²) in [5.41, 5.74) is 7.02. The van der Waals surface area contributed by atoms with E-state index in [1.807, 2.05) is 23.6 Å². The molecule has 1 amide bonds. The van der Waals surface area contributed by atoms with Crippen LogP contribution >= 0.6 is 11.3 Å². The van der Waals surface area contributed by atoms with Crippen molar-refractivity contribution in [1.82, 2.24) is 4.98 Å². The number of anilines is 1. The first-order chi connectivity index (χ1) is 10.0. The zero-order valence-corrected chi connectivity index (χ0v) is 12.9. The number of hydrogen-bond acceptors (Lipinski definition) is 6. The van der Waals surface area contributed by atoms with E-state index < -0.39 is 6.04 Å². The number of thiazole rings is 1. The number of rotatable bonds is 5. The number of hydrogen-bond donors (Lipinski definition) is 2. The van der Waals surface area contributed by atoms with Gasteiger partial charge in [-0.25, -0.2) is 4.98 Å². The molecule has 1 heterocycles. The molecule has 2 aromatic rings. The quantitative estimate of drug-likeness (QED) is 0.883. The Kier molecular flexibility index (Phi) is 4.77.